The largest absolute Gasteiger partial charge is 0.459 e. The van der Waals surface area contributed by atoms with Gasteiger partial charge in [-0.1, -0.05) is 17.7 Å². The lowest BCUT2D eigenvalue weighted by Gasteiger charge is -2.36. The van der Waals surface area contributed by atoms with Crippen LogP contribution in [0.1, 0.15) is 26.3 Å². The molecule has 3 rings (SSSR count). The number of aromatic nitrogens is 1. The quantitative estimate of drug-likeness (QED) is 0.751. The van der Waals surface area contributed by atoms with Crippen molar-refractivity contribution < 1.29 is 17.9 Å². The number of hydrogen-bond donors (Lipinski definition) is 0. The van der Waals surface area contributed by atoms with Crippen LogP contribution in [0.4, 0.5) is 11.5 Å². The van der Waals surface area contributed by atoms with Crippen molar-refractivity contribution in [3.05, 3.63) is 48.2 Å². The van der Waals surface area contributed by atoms with Crippen molar-refractivity contribution in [3.8, 4) is 0 Å². The van der Waals surface area contributed by atoms with Crippen molar-refractivity contribution in [1.82, 2.24) is 9.29 Å². The van der Waals surface area contributed by atoms with Crippen molar-refractivity contribution in [2.45, 2.75) is 38.2 Å². The van der Waals surface area contributed by atoms with Gasteiger partial charge in [0.25, 0.3) is 0 Å². The van der Waals surface area contributed by atoms with Gasteiger partial charge in [0.2, 0.25) is 10.0 Å². The maximum Gasteiger partial charge on any atom is 0.321 e. The van der Waals surface area contributed by atoms with Crippen molar-refractivity contribution in [2.75, 3.05) is 18.1 Å². The maximum atomic E-state index is 13.0. The van der Waals surface area contributed by atoms with Crippen LogP contribution in [0.2, 0.25) is 0 Å². The Balaban J connectivity index is 1.99. The van der Waals surface area contributed by atoms with Crippen LogP contribution >= 0.6 is 0 Å². The molecule has 1 aromatic heterocycles. The van der Waals surface area contributed by atoms with E-state index in [4.69, 9.17) is 4.74 Å². The molecule has 144 valence electrons. The molecule has 8 heteroatoms. The average Bonchev–Trinajstić information content (AvgIpc) is 2.57. The zero-order valence-electron chi connectivity index (χ0n) is 15.8. The topological polar surface area (TPSA) is 79.8 Å². The third-order valence-corrected chi connectivity index (χ3v) is 5.79. The summed E-state index contributed by atoms with van der Waals surface area (Å²) in [6.45, 7) is 6.82. The Labute approximate surface area is 159 Å². The fourth-order valence-electron chi connectivity index (χ4n) is 2.81. The zero-order chi connectivity index (χ0) is 19.8. The third kappa shape index (κ3) is 4.12. The van der Waals surface area contributed by atoms with Crippen LogP contribution in [0.15, 0.2) is 47.5 Å². The Morgan fingerprint density at radius 3 is 2.48 bits per heavy atom. The number of carbonyl (C=O) groups is 1. The number of ether oxygens (including phenoxy) is 1. The van der Waals surface area contributed by atoms with E-state index in [-0.39, 0.29) is 18.1 Å². The van der Waals surface area contributed by atoms with Crippen LogP contribution in [-0.4, -0.2) is 42.5 Å². The van der Waals surface area contributed by atoms with Crippen LogP contribution < -0.4 is 4.90 Å². The van der Waals surface area contributed by atoms with E-state index in [0.717, 1.165) is 15.6 Å². The molecule has 7 nitrogen and oxygen atoms in total. The minimum atomic E-state index is -3.85. The highest BCUT2D eigenvalue weighted by molar-refractivity contribution is 7.89. The van der Waals surface area contributed by atoms with Crippen LogP contribution in [-0.2, 0) is 19.6 Å². The molecule has 0 bridgehead atoms. The summed E-state index contributed by atoms with van der Waals surface area (Å²) in [6.07, 6.45) is 1.55. The number of fused-ring (bicyclic) bond motifs is 1. The molecule has 0 unspecified atom stereocenters. The predicted molar refractivity (Wildman–Crippen MR) is 102 cm³/mol. The van der Waals surface area contributed by atoms with E-state index >= 15 is 0 Å². The predicted octanol–water partition coefficient (Wildman–Crippen LogP) is 2.83. The zero-order valence-corrected chi connectivity index (χ0v) is 16.7. The van der Waals surface area contributed by atoms with Crippen LogP contribution in [0.3, 0.4) is 0 Å². The second-order valence-corrected chi connectivity index (χ2v) is 9.34. The van der Waals surface area contributed by atoms with Gasteiger partial charge in [-0.2, -0.15) is 4.31 Å². The van der Waals surface area contributed by atoms with Crippen molar-refractivity contribution in [3.63, 3.8) is 0 Å². The molecule has 0 amide bonds. The van der Waals surface area contributed by atoms with Crippen molar-refractivity contribution in [2.24, 2.45) is 0 Å². The number of benzene rings is 1. The summed E-state index contributed by atoms with van der Waals surface area (Å²) in [5, 5.41) is 0. The van der Waals surface area contributed by atoms with E-state index in [1.165, 1.54) is 6.07 Å². The van der Waals surface area contributed by atoms with E-state index < -0.39 is 21.6 Å². The van der Waals surface area contributed by atoms with Gasteiger partial charge in [0.1, 0.15) is 17.0 Å². The number of nitrogens with zero attached hydrogens (tertiary/aromatic N) is 3. The Morgan fingerprint density at radius 2 is 1.85 bits per heavy atom. The minimum Gasteiger partial charge on any atom is -0.459 e. The van der Waals surface area contributed by atoms with Gasteiger partial charge in [0.15, 0.2) is 5.82 Å². The summed E-state index contributed by atoms with van der Waals surface area (Å²) in [7, 11) is -3.85. The van der Waals surface area contributed by atoms with E-state index in [9.17, 15) is 13.2 Å². The van der Waals surface area contributed by atoms with Gasteiger partial charge in [-0.15, -0.1) is 0 Å². The van der Waals surface area contributed by atoms with Crippen molar-refractivity contribution >= 4 is 27.5 Å². The lowest BCUT2D eigenvalue weighted by atomic mass is 10.2. The minimum absolute atomic E-state index is 0.0192. The second-order valence-electron chi connectivity index (χ2n) is 7.43. The first-order valence-electron chi connectivity index (χ1n) is 8.59. The van der Waals surface area contributed by atoms with E-state index in [1.807, 2.05) is 31.2 Å². The average molecular weight is 389 g/mol. The Kier molecular flexibility index (Phi) is 4.96. The van der Waals surface area contributed by atoms with Gasteiger partial charge in [-0.25, -0.2) is 13.4 Å². The smallest absolute Gasteiger partial charge is 0.321 e. The summed E-state index contributed by atoms with van der Waals surface area (Å²) in [5.41, 5.74) is 1.20. The normalized spacial score (nSPS) is 16.7. The third-order valence-electron chi connectivity index (χ3n) is 3.99. The molecule has 0 fully saturated rings. The summed E-state index contributed by atoms with van der Waals surface area (Å²) in [5.74, 6) is -0.246. The summed E-state index contributed by atoms with van der Waals surface area (Å²) in [4.78, 5) is 18.4. The fourth-order valence-corrected chi connectivity index (χ4v) is 4.27. The molecular weight excluding hydrogens is 366 g/mol. The van der Waals surface area contributed by atoms with Gasteiger partial charge >= 0.3 is 5.97 Å². The lowest BCUT2D eigenvalue weighted by molar-refractivity contribution is -0.154. The van der Waals surface area contributed by atoms with E-state index in [0.29, 0.717) is 5.82 Å². The van der Waals surface area contributed by atoms with E-state index in [2.05, 4.69) is 4.98 Å². The number of anilines is 2. The first kappa shape index (κ1) is 19.3. The van der Waals surface area contributed by atoms with Crippen LogP contribution in [0.25, 0.3) is 0 Å². The highest BCUT2D eigenvalue weighted by atomic mass is 32.2. The summed E-state index contributed by atoms with van der Waals surface area (Å²) in [6, 6.07) is 10.8. The lowest BCUT2D eigenvalue weighted by Crippen LogP contribution is -2.47. The highest BCUT2D eigenvalue weighted by Crippen LogP contribution is 2.36. The molecule has 0 radical (unpaired) electrons. The molecule has 0 N–H and O–H groups in total. The number of sulfonamides is 1. The number of pyridine rings is 1. The molecule has 0 spiro atoms. The first-order chi connectivity index (χ1) is 12.6. The van der Waals surface area contributed by atoms with Gasteiger partial charge in [0, 0.05) is 11.9 Å². The highest BCUT2D eigenvalue weighted by Gasteiger charge is 2.38. The second kappa shape index (κ2) is 6.94. The Morgan fingerprint density at radius 1 is 1.19 bits per heavy atom. The number of rotatable bonds is 3. The number of carbonyl (C=O) groups excluding carboxylic acids is 1. The standard InChI is InChI=1S/C19H23N3O4S/c1-14-7-9-15(10-8-14)22-13-21(12-17(23)26-19(2,3)4)27(24,25)16-6-5-11-20-18(16)22/h5-11H,12-13H2,1-4H3. The Hall–Kier alpha value is -2.45. The van der Waals surface area contributed by atoms with Crippen molar-refractivity contribution in [1.29, 1.82) is 0 Å². The molecule has 2 aromatic rings. The van der Waals surface area contributed by atoms with Gasteiger partial charge in [-0.3, -0.25) is 4.79 Å². The summed E-state index contributed by atoms with van der Waals surface area (Å²) < 4.78 is 32.4. The number of hydrogen-bond acceptors (Lipinski definition) is 6. The molecular formula is C19H23N3O4S. The number of aryl methyl sites for hydroxylation is 1. The first-order valence-corrected chi connectivity index (χ1v) is 10.0. The molecule has 0 saturated heterocycles. The van der Waals surface area contributed by atoms with Crippen LogP contribution in [0.5, 0.6) is 0 Å². The molecule has 1 aliphatic heterocycles. The van der Waals surface area contributed by atoms with E-state index in [1.54, 1.807) is 37.9 Å². The summed E-state index contributed by atoms with van der Waals surface area (Å²) >= 11 is 0. The molecule has 0 atom stereocenters. The SMILES string of the molecule is Cc1ccc(N2CN(CC(=O)OC(C)(C)C)S(=O)(=O)c3cccnc32)cc1. The number of esters is 1. The maximum absolute atomic E-state index is 13.0. The Bertz CT molecular complexity index is 950. The molecule has 27 heavy (non-hydrogen) atoms. The molecule has 0 aliphatic carbocycles. The molecule has 2 heterocycles. The molecule has 0 saturated carbocycles. The van der Waals surface area contributed by atoms with Gasteiger partial charge in [-0.05, 0) is 52.0 Å². The van der Waals surface area contributed by atoms with Gasteiger partial charge in [0.05, 0.1) is 6.67 Å². The fraction of sp³-hybridized carbons (Fsp3) is 0.368. The van der Waals surface area contributed by atoms with Gasteiger partial charge < -0.3 is 9.64 Å². The molecule has 1 aromatic carbocycles. The van der Waals surface area contributed by atoms with Crippen LogP contribution in [0, 0.1) is 6.92 Å². The molecule has 1 aliphatic rings. The monoisotopic (exact) mass is 389 g/mol.